The largest absolute Gasteiger partial charge is 0.396 e. The van der Waals surface area contributed by atoms with Crippen LogP contribution in [0.2, 0.25) is 0 Å². The van der Waals surface area contributed by atoms with E-state index in [-0.39, 0.29) is 0 Å². The molecule has 0 spiro atoms. The number of aliphatic hydroxyl groups excluding tert-OH is 1. The van der Waals surface area contributed by atoms with Gasteiger partial charge in [0.1, 0.15) is 0 Å². The van der Waals surface area contributed by atoms with Crippen molar-refractivity contribution >= 4 is 11.8 Å². The molecule has 1 fully saturated rings. The highest BCUT2D eigenvalue weighted by atomic mass is 32.2. The molecule has 0 aromatic heterocycles. The molecule has 3 unspecified atom stereocenters. The van der Waals surface area contributed by atoms with E-state index in [0.717, 1.165) is 18.1 Å². The lowest BCUT2D eigenvalue weighted by Crippen LogP contribution is -2.41. The average Bonchev–Trinajstić information content (AvgIpc) is 2.19. The Bertz CT molecular complexity index is 203. The van der Waals surface area contributed by atoms with E-state index in [1.54, 1.807) is 0 Å². The molecule has 16 heavy (non-hydrogen) atoms. The number of rotatable bonds is 4. The monoisotopic (exact) mass is 245 g/mol. The summed E-state index contributed by atoms with van der Waals surface area (Å²) in [6, 6.07) is 0.363. The van der Waals surface area contributed by atoms with Gasteiger partial charge in [-0.3, -0.25) is 0 Å². The first-order valence-corrected chi connectivity index (χ1v) is 7.48. The van der Waals surface area contributed by atoms with Crippen molar-refractivity contribution in [1.82, 2.24) is 0 Å². The molecule has 0 aliphatic heterocycles. The summed E-state index contributed by atoms with van der Waals surface area (Å²) in [5, 5.41) is 9.40. The van der Waals surface area contributed by atoms with Crippen molar-refractivity contribution in [3.05, 3.63) is 0 Å². The summed E-state index contributed by atoms with van der Waals surface area (Å²) in [7, 11) is 0. The van der Waals surface area contributed by atoms with Crippen molar-refractivity contribution in [2.75, 3.05) is 12.4 Å². The van der Waals surface area contributed by atoms with Crippen LogP contribution in [0.1, 0.15) is 46.5 Å². The molecule has 3 atom stereocenters. The molecular weight excluding hydrogens is 218 g/mol. The molecule has 96 valence electrons. The van der Waals surface area contributed by atoms with Gasteiger partial charge in [-0.05, 0) is 42.8 Å². The summed E-state index contributed by atoms with van der Waals surface area (Å²) >= 11 is 1.96. The minimum absolute atomic E-state index is 0.303. The maximum atomic E-state index is 8.80. The van der Waals surface area contributed by atoms with Crippen LogP contribution in [0.15, 0.2) is 0 Å². The molecule has 1 aliphatic carbocycles. The van der Waals surface area contributed by atoms with Gasteiger partial charge < -0.3 is 10.8 Å². The number of hydrogen-bond acceptors (Lipinski definition) is 3. The zero-order chi connectivity index (χ0) is 12.2. The van der Waals surface area contributed by atoms with Crippen LogP contribution in [0.5, 0.6) is 0 Å². The number of hydrogen-bond donors (Lipinski definition) is 2. The molecule has 2 nitrogen and oxygen atoms in total. The van der Waals surface area contributed by atoms with Crippen molar-refractivity contribution in [2.45, 2.75) is 57.7 Å². The van der Waals surface area contributed by atoms with Crippen LogP contribution in [-0.4, -0.2) is 28.8 Å². The summed E-state index contributed by atoms with van der Waals surface area (Å²) in [5.74, 6) is 1.85. The third kappa shape index (κ3) is 4.27. The van der Waals surface area contributed by atoms with Crippen LogP contribution in [0.3, 0.4) is 0 Å². The Kier molecular flexibility index (Phi) is 5.62. The van der Waals surface area contributed by atoms with Gasteiger partial charge in [-0.1, -0.05) is 20.8 Å². The highest BCUT2D eigenvalue weighted by Crippen LogP contribution is 2.41. The Hall–Kier alpha value is 0.270. The van der Waals surface area contributed by atoms with Crippen LogP contribution in [-0.2, 0) is 0 Å². The van der Waals surface area contributed by atoms with Gasteiger partial charge in [-0.25, -0.2) is 0 Å². The van der Waals surface area contributed by atoms with Gasteiger partial charge in [-0.2, -0.15) is 11.8 Å². The van der Waals surface area contributed by atoms with Crippen LogP contribution >= 0.6 is 11.8 Å². The highest BCUT2D eigenvalue weighted by Gasteiger charge is 2.34. The third-order valence-electron chi connectivity index (χ3n) is 3.70. The fourth-order valence-electron chi connectivity index (χ4n) is 2.43. The van der Waals surface area contributed by atoms with Gasteiger partial charge in [0, 0.05) is 17.9 Å². The molecule has 0 aromatic rings. The molecule has 1 saturated carbocycles. The lowest BCUT2D eigenvalue weighted by molar-refractivity contribution is 0.174. The fraction of sp³-hybridized carbons (Fsp3) is 1.00. The van der Waals surface area contributed by atoms with E-state index in [0.29, 0.717) is 23.3 Å². The molecule has 1 rings (SSSR count). The van der Waals surface area contributed by atoms with Crippen molar-refractivity contribution < 1.29 is 5.11 Å². The topological polar surface area (TPSA) is 46.2 Å². The smallest absolute Gasteiger partial charge is 0.0438 e. The van der Waals surface area contributed by atoms with E-state index in [4.69, 9.17) is 10.8 Å². The van der Waals surface area contributed by atoms with Crippen LogP contribution in [0.25, 0.3) is 0 Å². The SMILES string of the molecule is CC(C)(C)C1CCC(N)C(SCCCO)C1. The van der Waals surface area contributed by atoms with Crippen molar-refractivity contribution in [1.29, 1.82) is 0 Å². The standard InChI is InChI=1S/C13H27NOS/c1-13(2,3)10-5-6-11(14)12(9-10)16-8-4-7-15/h10-12,15H,4-9,14H2,1-3H3. The average molecular weight is 245 g/mol. The van der Waals surface area contributed by atoms with Crippen LogP contribution in [0.4, 0.5) is 0 Å². The molecule has 0 amide bonds. The predicted molar refractivity (Wildman–Crippen MR) is 72.7 cm³/mol. The molecule has 0 bridgehead atoms. The van der Waals surface area contributed by atoms with Gasteiger partial charge in [0.25, 0.3) is 0 Å². The van der Waals surface area contributed by atoms with E-state index in [9.17, 15) is 0 Å². The Morgan fingerprint density at radius 2 is 2.00 bits per heavy atom. The summed E-state index contributed by atoms with van der Waals surface area (Å²) in [6.07, 6.45) is 4.59. The van der Waals surface area contributed by atoms with Crippen molar-refractivity contribution in [3.63, 3.8) is 0 Å². The molecule has 0 radical (unpaired) electrons. The Labute approximate surface area is 104 Å². The second-order valence-corrected chi connectivity index (χ2v) is 7.37. The van der Waals surface area contributed by atoms with E-state index in [1.165, 1.54) is 19.3 Å². The molecule has 3 N–H and O–H groups in total. The maximum absolute atomic E-state index is 8.80. The minimum Gasteiger partial charge on any atom is -0.396 e. The zero-order valence-electron chi connectivity index (χ0n) is 10.9. The second-order valence-electron chi connectivity index (χ2n) is 6.03. The summed E-state index contributed by atoms with van der Waals surface area (Å²) in [4.78, 5) is 0. The van der Waals surface area contributed by atoms with Gasteiger partial charge >= 0.3 is 0 Å². The van der Waals surface area contributed by atoms with Crippen molar-refractivity contribution in [3.8, 4) is 0 Å². The summed E-state index contributed by atoms with van der Waals surface area (Å²) in [5.41, 5.74) is 6.60. The number of nitrogens with two attached hydrogens (primary N) is 1. The van der Waals surface area contributed by atoms with E-state index < -0.39 is 0 Å². The second kappa shape index (κ2) is 6.27. The number of aliphatic hydroxyl groups is 1. The van der Waals surface area contributed by atoms with Crippen LogP contribution < -0.4 is 5.73 Å². The van der Waals surface area contributed by atoms with Crippen LogP contribution in [0, 0.1) is 11.3 Å². The van der Waals surface area contributed by atoms with E-state index in [1.807, 2.05) is 11.8 Å². The predicted octanol–water partition coefficient (Wildman–Crippen LogP) is 2.64. The summed E-state index contributed by atoms with van der Waals surface area (Å²) in [6.45, 7) is 7.32. The molecular formula is C13H27NOS. The summed E-state index contributed by atoms with van der Waals surface area (Å²) < 4.78 is 0. The molecule has 0 aromatic carbocycles. The normalized spacial score (nSPS) is 31.7. The lowest BCUT2D eigenvalue weighted by Gasteiger charge is -2.40. The Morgan fingerprint density at radius 3 is 2.56 bits per heavy atom. The Morgan fingerprint density at radius 1 is 1.31 bits per heavy atom. The molecule has 1 aliphatic rings. The lowest BCUT2D eigenvalue weighted by atomic mass is 9.71. The first-order valence-electron chi connectivity index (χ1n) is 6.43. The molecule has 0 saturated heterocycles. The fourth-order valence-corrected chi connectivity index (χ4v) is 3.78. The molecule has 0 heterocycles. The van der Waals surface area contributed by atoms with Crippen molar-refractivity contribution in [2.24, 2.45) is 17.1 Å². The third-order valence-corrected chi connectivity index (χ3v) is 5.20. The first-order chi connectivity index (χ1) is 7.45. The van der Waals surface area contributed by atoms with E-state index >= 15 is 0 Å². The van der Waals surface area contributed by atoms with Gasteiger partial charge in [0.15, 0.2) is 0 Å². The highest BCUT2D eigenvalue weighted by molar-refractivity contribution is 7.99. The zero-order valence-corrected chi connectivity index (χ0v) is 11.7. The van der Waals surface area contributed by atoms with Gasteiger partial charge in [-0.15, -0.1) is 0 Å². The van der Waals surface area contributed by atoms with Gasteiger partial charge in [0.2, 0.25) is 0 Å². The molecule has 3 heteroatoms. The minimum atomic E-state index is 0.303. The number of thioether (sulfide) groups is 1. The maximum Gasteiger partial charge on any atom is 0.0438 e. The quantitative estimate of drug-likeness (QED) is 0.749. The first kappa shape index (κ1) is 14.3. The van der Waals surface area contributed by atoms with E-state index in [2.05, 4.69) is 20.8 Å². The van der Waals surface area contributed by atoms with Gasteiger partial charge in [0.05, 0.1) is 0 Å². The Balaban J connectivity index is 2.42.